The van der Waals surface area contributed by atoms with Gasteiger partial charge >= 0.3 is 0 Å². The molecular formula is C21H29N5O5S2. The van der Waals surface area contributed by atoms with Crippen LogP contribution in [0.4, 0.5) is 5.13 Å². The van der Waals surface area contributed by atoms with Crippen molar-refractivity contribution in [3.05, 3.63) is 23.0 Å². The van der Waals surface area contributed by atoms with Gasteiger partial charge in [0.15, 0.2) is 10.9 Å². The normalized spacial score (nSPS) is 19.6. The van der Waals surface area contributed by atoms with E-state index >= 15 is 0 Å². The van der Waals surface area contributed by atoms with E-state index in [0.29, 0.717) is 17.5 Å². The van der Waals surface area contributed by atoms with Crippen molar-refractivity contribution in [2.24, 2.45) is 5.92 Å². The monoisotopic (exact) mass is 495 g/mol. The summed E-state index contributed by atoms with van der Waals surface area (Å²) in [6.45, 7) is 3.02. The van der Waals surface area contributed by atoms with E-state index in [2.05, 4.69) is 15.5 Å². The van der Waals surface area contributed by atoms with E-state index in [1.54, 1.807) is 18.5 Å². The maximum Gasteiger partial charge on any atom is 0.249 e. The molecule has 1 atom stereocenters. The van der Waals surface area contributed by atoms with Crippen LogP contribution in [0.2, 0.25) is 0 Å². The Kier molecular flexibility index (Phi) is 7.15. The van der Waals surface area contributed by atoms with Gasteiger partial charge in [0, 0.05) is 24.7 Å². The molecule has 0 spiro atoms. The molecule has 1 aliphatic heterocycles. The molecule has 12 heteroatoms. The molecule has 0 bridgehead atoms. The number of hydrogen-bond acceptors (Lipinski definition) is 8. The second-order valence-corrected chi connectivity index (χ2v) is 11.4. The predicted octanol–water partition coefficient (Wildman–Crippen LogP) is 2.56. The number of rotatable bonds is 7. The van der Waals surface area contributed by atoms with Crippen LogP contribution in [-0.2, 0) is 19.6 Å². The number of nitrogens with one attached hydrogen (secondary N) is 1. The van der Waals surface area contributed by atoms with Gasteiger partial charge in [0.25, 0.3) is 0 Å². The van der Waals surface area contributed by atoms with Crippen LogP contribution in [-0.4, -0.2) is 65.3 Å². The van der Waals surface area contributed by atoms with E-state index in [4.69, 9.17) is 4.52 Å². The lowest BCUT2D eigenvalue weighted by molar-refractivity contribution is -0.142. The van der Waals surface area contributed by atoms with Gasteiger partial charge in [-0.05, 0) is 26.2 Å². The summed E-state index contributed by atoms with van der Waals surface area (Å²) in [6.07, 6.45) is 7.71. The standard InChI is InChI=1S/C21H29N5O5S2/c1-14-19(15(2)31-24-14)33(29,30)25-9-10-26(18(27)13-25)17(12-16-6-4-3-5-7-16)20(28)23-21-22-8-11-32-21/h8,11,16-17H,3-7,9-10,12-13H2,1-2H3,(H,22,23,28)/t17-/m0/s1. The molecule has 1 N–H and O–H groups in total. The molecule has 2 aromatic heterocycles. The van der Waals surface area contributed by atoms with E-state index in [1.165, 1.54) is 29.6 Å². The fraction of sp³-hybridized carbons (Fsp3) is 0.619. The third-order valence-corrected chi connectivity index (χ3v) is 9.19. The van der Waals surface area contributed by atoms with Crippen LogP contribution >= 0.6 is 11.3 Å². The summed E-state index contributed by atoms with van der Waals surface area (Å²) in [7, 11) is -3.93. The second kappa shape index (κ2) is 9.90. The molecule has 1 saturated carbocycles. The number of nitrogens with zero attached hydrogens (tertiary/aromatic N) is 4. The van der Waals surface area contributed by atoms with Gasteiger partial charge in [-0.3, -0.25) is 9.59 Å². The molecular weight excluding hydrogens is 466 g/mol. The molecule has 10 nitrogen and oxygen atoms in total. The second-order valence-electron chi connectivity index (χ2n) is 8.66. The third kappa shape index (κ3) is 5.12. The van der Waals surface area contributed by atoms with Crippen molar-refractivity contribution >= 4 is 38.3 Å². The number of carbonyl (C=O) groups excluding carboxylic acids is 2. The smallest absolute Gasteiger partial charge is 0.249 e. The van der Waals surface area contributed by atoms with Crippen molar-refractivity contribution in [2.45, 2.75) is 63.3 Å². The summed E-state index contributed by atoms with van der Waals surface area (Å²) in [5.74, 6) is -0.0966. The lowest BCUT2D eigenvalue weighted by atomic mass is 9.84. The highest BCUT2D eigenvalue weighted by molar-refractivity contribution is 7.89. The molecule has 2 aliphatic rings. The van der Waals surface area contributed by atoms with Crippen molar-refractivity contribution in [1.82, 2.24) is 19.3 Å². The van der Waals surface area contributed by atoms with Gasteiger partial charge in [-0.25, -0.2) is 13.4 Å². The number of sulfonamides is 1. The lowest BCUT2D eigenvalue weighted by Gasteiger charge is -2.39. The maximum atomic E-state index is 13.2. The van der Waals surface area contributed by atoms with Gasteiger partial charge in [-0.1, -0.05) is 37.3 Å². The Morgan fingerprint density at radius 3 is 2.64 bits per heavy atom. The van der Waals surface area contributed by atoms with Crippen molar-refractivity contribution < 1.29 is 22.5 Å². The minimum Gasteiger partial charge on any atom is -0.360 e. The van der Waals surface area contributed by atoms with E-state index < -0.39 is 16.1 Å². The Morgan fingerprint density at radius 2 is 2.03 bits per heavy atom. The molecule has 2 amide bonds. The number of thiazole rings is 1. The van der Waals surface area contributed by atoms with Crippen LogP contribution in [0.3, 0.4) is 0 Å². The highest BCUT2D eigenvalue weighted by Crippen LogP contribution is 2.31. The van der Waals surface area contributed by atoms with E-state index in [0.717, 1.165) is 30.0 Å². The first-order chi connectivity index (χ1) is 15.8. The van der Waals surface area contributed by atoms with Crippen LogP contribution in [0.1, 0.15) is 50.0 Å². The highest BCUT2D eigenvalue weighted by Gasteiger charge is 2.40. The first-order valence-electron chi connectivity index (χ1n) is 11.2. The summed E-state index contributed by atoms with van der Waals surface area (Å²) in [5, 5.41) is 8.82. The van der Waals surface area contributed by atoms with Crippen molar-refractivity contribution in [2.75, 3.05) is 25.0 Å². The van der Waals surface area contributed by atoms with Gasteiger partial charge in [0.1, 0.15) is 16.6 Å². The molecule has 4 rings (SSSR count). The lowest BCUT2D eigenvalue weighted by Crippen LogP contribution is -2.58. The van der Waals surface area contributed by atoms with Crippen LogP contribution in [0.25, 0.3) is 0 Å². The zero-order chi connectivity index (χ0) is 23.6. The molecule has 0 radical (unpaired) electrons. The largest absolute Gasteiger partial charge is 0.360 e. The summed E-state index contributed by atoms with van der Waals surface area (Å²) in [4.78, 5) is 32.0. The number of aromatic nitrogens is 2. The van der Waals surface area contributed by atoms with Crippen LogP contribution < -0.4 is 5.32 Å². The fourth-order valence-corrected chi connectivity index (χ4v) is 6.96. The Morgan fingerprint density at radius 1 is 1.27 bits per heavy atom. The number of piperazine rings is 1. The first-order valence-corrected chi connectivity index (χ1v) is 13.5. The number of aryl methyl sites for hydroxylation is 2. The Balaban J connectivity index is 1.51. The summed E-state index contributed by atoms with van der Waals surface area (Å²) in [5.41, 5.74) is 0.264. The summed E-state index contributed by atoms with van der Waals surface area (Å²) >= 11 is 1.32. The van der Waals surface area contributed by atoms with Crippen molar-refractivity contribution in [3.8, 4) is 0 Å². The minimum absolute atomic E-state index is 0.00372. The van der Waals surface area contributed by atoms with Gasteiger partial charge in [-0.2, -0.15) is 4.31 Å². The molecule has 0 unspecified atom stereocenters. The minimum atomic E-state index is -3.93. The van der Waals surface area contributed by atoms with E-state index in [1.807, 2.05) is 0 Å². The Bertz CT molecular complexity index is 1070. The molecule has 1 aliphatic carbocycles. The number of carbonyl (C=O) groups is 2. The fourth-order valence-electron chi connectivity index (χ4n) is 4.76. The summed E-state index contributed by atoms with van der Waals surface area (Å²) in [6, 6.07) is -0.659. The Hall–Kier alpha value is -2.31. The third-order valence-electron chi connectivity index (χ3n) is 6.41. The quantitative estimate of drug-likeness (QED) is 0.626. The Labute approximate surface area is 197 Å². The van der Waals surface area contributed by atoms with Crippen molar-refractivity contribution in [3.63, 3.8) is 0 Å². The van der Waals surface area contributed by atoms with Crippen LogP contribution in [0, 0.1) is 19.8 Å². The zero-order valence-corrected chi connectivity index (χ0v) is 20.5. The molecule has 2 fully saturated rings. The van der Waals surface area contributed by atoms with Crippen molar-refractivity contribution in [1.29, 1.82) is 0 Å². The van der Waals surface area contributed by atoms with Gasteiger partial charge in [-0.15, -0.1) is 11.3 Å². The number of hydrogen-bond donors (Lipinski definition) is 1. The molecule has 1 saturated heterocycles. The predicted molar refractivity (Wildman–Crippen MR) is 122 cm³/mol. The van der Waals surface area contributed by atoms with E-state index in [9.17, 15) is 18.0 Å². The molecule has 3 heterocycles. The van der Waals surface area contributed by atoms with Gasteiger partial charge in [0.2, 0.25) is 21.8 Å². The topological polar surface area (TPSA) is 126 Å². The zero-order valence-electron chi connectivity index (χ0n) is 18.8. The molecule has 180 valence electrons. The molecule has 2 aromatic rings. The highest BCUT2D eigenvalue weighted by atomic mass is 32.2. The average molecular weight is 496 g/mol. The van der Waals surface area contributed by atoms with Gasteiger partial charge < -0.3 is 14.7 Å². The van der Waals surface area contributed by atoms with Crippen LogP contribution in [0.5, 0.6) is 0 Å². The number of amides is 2. The van der Waals surface area contributed by atoms with Crippen LogP contribution in [0.15, 0.2) is 21.0 Å². The molecule has 33 heavy (non-hydrogen) atoms. The van der Waals surface area contributed by atoms with Gasteiger partial charge in [0.05, 0.1) is 6.54 Å². The first kappa shape index (κ1) is 23.8. The average Bonchev–Trinajstić information content (AvgIpc) is 3.42. The molecule has 0 aromatic carbocycles. The maximum absolute atomic E-state index is 13.2. The summed E-state index contributed by atoms with van der Waals surface area (Å²) < 4.78 is 32.5. The number of anilines is 1. The van der Waals surface area contributed by atoms with E-state index in [-0.39, 0.29) is 47.8 Å². The SMILES string of the molecule is Cc1noc(C)c1S(=O)(=O)N1CCN([C@@H](CC2CCCCC2)C(=O)Nc2nccs2)C(=O)C1.